The molecule has 0 aliphatic carbocycles. The SMILES string of the molecule is COc1cc2c(cc1OC)CN(CCCCNS(=O)(=O)c1cc(F)c(F)cc1Cl)CC2.Cl. The lowest BCUT2D eigenvalue weighted by atomic mass is 9.98. The molecule has 0 amide bonds. The largest absolute Gasteiger partial charge is 0.493 e. The Hall–Kier alpha value is -1.65. The second-order valence-corrected chi connectivity index (χ2v) is 9.45. The standard InChI is InChI=1S/C21H25ClF2N2O4S.ClH/c1-29-19-9-14-5-8-26(13-15(14)10-20(19)30-2)7-4-3-6-25-31(27,28)21-12-18(24)17(23)11-16(21)22;/h9-12,25H,3-8,13H2,1-2H3;1H. The molecule has 0 aromatic heterocycles. The molecule has 11 heteroatoms. The predicted octanol–water partition coefficient (Wildman–Crippen LogP) is 4.17. The number of nitrogens with one attached hydrogen (secondary N) is 1. The van der Waals surface area contributed by atoms with Gasteiger partial charge < -0.3 is 9.47 Å². The first-order chi connectivity index (χ1) is 14.7. The highest BCUT2D eigenvalue weighted by atomic mass is 35.5. The third-order valence-electron chi connectivity index (χ3n) is 5.25. The monoisotopic (exact) mass is 510 g/mol. The van der Waals surface area contributed by atoms with E-state index in [2.05, 4.69) is 9.62 Å². The molecule has 1 aliphatic rings. The Labute approximate surface area is 198 Å². The highest BCUT2D eigenvalue weighted by Gasteiger charge is 2.21. The van der Waals surface area contributed by atoms with E-state index < -0.39 is 26.6 Å². The number of methoxy groups -OCH3 is 2. The van der Waals surface area contributed by atoms with Gasteiger partial charge in [-0.1, -0.05) is 11.6 Å². The van der Waals surface area contributed by atoms with Crippen molar-refractivity contribution >= 4 is 34.0 Å². The van der Waals surface area contributed by atoms with Crippen LogP contribution in [0.2, 0.25) is 5.02 Å². The summed E-state index contributed by atoms with van der Waals surface area (Å²) in [5.41, 5.74) is 2.43. The Balaban J connectivity index is 0.00000363. The number of halogens is 4. The fourth-order valence-corrected chi connectivity index (χ4v) is 5.19. The van der Waals surface area contributed by atoms with Gasteiger partial charge in [0.05, 0.1) is 19.2 Å². The Kier molecular flexibility index (Phi) is 9.53. The molecule has 0 saturated heterocycles. The number of nitrogens with zero attached hydrogens (tertiary/aromatic N) is 1. The summed E-state index contributed by atoms with van der Waals surface area (Å²) < 4.78 is 64.3. The van der Waals surface area contributed by atoms with Crippen LogP contribution in [0, 0.1) is 11.6 Å². The summed E-state index contributed by atoms with van der Waals surface area (Å²) in [6.45, 7) is 2.67. The van der Waals surface area contributed by atoms with E-state index in [1.54, 1.807) is 14.2 Å². The average Bonchev–Trinajstić information content (AvgIpc) is 2.74. The van der Waals surface area contributed by atoms with E-state index in [-0.39, 0.29) is 24.0 Å². The minimum absolute atomic E-state index is 0. The van der Waals surface area contributed by atoms with Gasteiger partial charge in [-0.3, -0.25) is 4.90 Å². The lowest BCUT2D eigenvalue weighted by molar-refractivity contribution is 0.248. The van der Waals surface area contributed by atoms with Crippen molar-refractivity contribution in [2.45, 2.75) is 30.7 Å². The van der Waals surface area contributed by atoms with Gasteiger partial charge in [-0.05, 0) is 61.2 Å². The zero-order chi connectivity index (χ0) is 22.6. The van der Waals surface area contributed by atoms with E-state index in [4.69, 9.17) is 21.1 Å². The van der Waals surface area contributed by atoms with Gasteiger partial charge in [-0.25, -0.2) is 21.9 Å². The lowest BCUT2D eigenvalue weighted by Crippen LogP contribution is -2.32. The van der Waals surface area contributed by atoms with Crippen molar-refractivity contribution in [2.75, 3.05) is 33.9 Å². The molecule has 1 heterocycles. The zero-order valence-corrected chi connectivity index (χ0v) is 20.2. The van der Waals surface area contributed by atoms with E-state index in [0.29, 0.717) is 24.3 Å². The van der Waals surface area contributed by atoms with Crippen LogP contribution in [0.5, 0.6) is 11.5 Å². The third-order valence-corrected chi connectivity index (χ3v) is 7.18. The van der Waals surface area contributed by atoms with E-state index in [1.807, 2.05) is 12.1 Å². The van der Waals surface area contributed by atoms with Crippen LogP contribution in [0.4, 0.5) is 8.78 Å². The van der Waals surface area contributed by atoms with Crippen molar-refractivity contribution in [1.82, 2.24) is 9.62 Å². The van der Waals surface area contributed by atoms with Crippen molar-refractivity contribution in [2.24, 2.45) is 0 Å². The van der Waals surface area contributed by atoms with Crippen LogP contribution < -0.4 is 14.2 Å². The fraction of sp³-hybridized carbons (Fsp3) is 0.429. The molecule has 6 nitrogen and oxygen atoms in total. The molecule has 3 rings (SSSR count). The molecule has 2 aromatic rings. The summed E-state index contributed by atoms with van der Waals surface area (Å²) in [6.07, 6.45) is 2.27. The number of hydrogen-bond donors (Lipinski definition) is 1. The zero-order valence-electron chi connectivity index (χ0n) is 17.8. The van der Waals surface area contributed by atoms with Crippen LogP contribution in [0.3, 0.4) is 0 Å². The average molecular weight is 511 g/mol. The molecule has 0 atom stereocenters. The molecule has 0 bridgehead atoms. The predicted molar refractivity (Wildman–Crippen MR) is 122 cm³/mol. The van der Waals surface area contributed by atoms with Gasteiger partial charge in [-0.15, -0.1) is 12.4 Å². The van der Waals surface area contributed by atoms with Gasteiger partial charge in [0.25, 0.3) is 0 Å². The van der Waals surface area contributed by atoms with Crippen molar-refractivity contribution < 1.29 is 26.7 Å². The number of rotatable bonds is 9. The molecule has 0 unspecified atom stereocenters. The van der Waals surface area contributed by atoms with Gasteiger partial charge in [0, 0.05) is 19.6 Å². The van der Waals surface area contributed by atoms with Crippen LogP contribution in [0.1, 0.15) is 24.0 Å². The molecule has 0 fully saturated rings. The summed E-state index contributed by atoms with van der Waals surface area (Å²) in [5, 5.41) is -0.356. The lowest BCUT2D eigenvalue weighted by Gasteiger charge is -2.29. The first-order valence-corrected chi connectivity index (χ1v) is 11.7. The summed E-state index contributed by atoms with van der Waals surface area (Å²) in [4.78, 5) is 1.83. The van der Waals surface area contributed by atoms with Crippen molar-refractivity contribution in [3.8, 4) is 11.5 Å². The minimum Gasteiger partial charge on any atom is -0.493 e. The molecular formula is C21H26Cl2F2N2O4S. The molecule has 1 N–H and O–H groups in total. The van der Waals surface area contributed by atoms with Crippen LogP contribution in [-0.2, 0) is 23.0 Å². The third kappa shape index (κ3) is 6.23. The molecule has 32 heavy (non-hydrogen) atoms. The first-order valence-electron chi connectivity index (χ1n) is 9.85. The Morgan fingerprint density at radius 1 is 1.03 bits per heavy atom. The van der Waals surface area contributed by atoms with Gasteiger partial charge in [0.15, 0.2) is 23.1 Å². The quantitative estimate of drug-likeness (QED) is 0.405. The maximum absolute atomic E-state index is 13.4. The van der Waals surface area contributed by atoms with E-state index in [1.165, 1.54) is 11.1 Å². The fourth-order valence-electron chi connectivity index (χ4n) is 3.59. The molecule has 0 saturated carbocycles. The Morgan fingerprint density at radius 2 is 1.66 bits per heavy atom. The van der Waals surface area contributed by atoms with Crippen molar-refractivity contribution in [3.63, 3.8) is 0 Å². The first kappa shape index (κ1) is 26.6. The summed E-state index contributed by atoms with van der Waals surface area (Å²) in [6, 6.07) is 5.27. The molecular weight excluding hydrogens is 485 g/mol. The summed E-state index contributed by atoms with van der Waals surface area (Å²) >= 11 is 5.76. The van der Waals surface area contributed by atoms with Crippen molar-refractivity contribution in [1.29, 1.82) is 0 Å². The highest BCUT2D eigenvalue weighted by molar-refractivity contribution is 7.89. The van der Waals surface area contributed by atoms with Gasteiger partial charge in [0.2, 0.25) is 10.0 Å². The summed E-state index contributed by atoms with van der Waals surface area (Å²) in [7, 11) is -0.788. The second-order valence-electron chi connectivity index (χ2n) is 7.30. The van der Waals surface area contributed by atoms with Crippen LogP contribution in [-0.4, -0.2) is 47.2 Å². The van der Waals surface area contributed by atoms with Crippen LogP contribution in [0.25, 0.3) is 0 Å². The number of ether oxygens (including phenoxy) is 2. The topological polar surface area (TPSA) is 67.9 Å². The van der Waals surface area contributed by atoms with Gasteiger partial charge in [0.1, 0.15) is 4.90 Å². The number of fused-ring (bicyclic) bond motifs is 1. The number of benzene rings is 2. The number of sulfonamides is 1. The van der Waals surface area contributed by atoms with Crippen molar-refractivity contribution in [3.05, 3.63) is 52.0 Å². The van der Waals surface area contributed by atoms with E-state index in [9.17, 15) is 17.2 Å². The van der Waals surface area contributed by atoms with E-state index in [0.717, 1.165) is 38.2 Å². The molecule has 0 radical (unpaired) electrons. The van der Waals surface area contributed by atoms with Crippen LogP contribution in [0.15, 0.2) is 29.2 Å². The van der Waals surface area contributed by atoms with E-state index >= 15 is 0 Å². The minimum atomic E-state index is -4.02. The Morgan fingerprint density at radius 3 is 2.31 bits per heavy atom. The maximum Gasteiger partial charge on any atom is 0.242 e. The Bertz CT molecular complexity index is 1050. The molecule has 2 aromatic carbocycles. The normalized spacial score (nSPS) is 13.9. The number of hydrogen-bond acceptors (Lipinski definition) is 5. The van der Waals surface area contributed by atoms with Gasteiger partial charge >= 0.3 is 0 Å². The van der Waals surface area contributed by atoms with Gasteiger partial charge in [-0.2, -0.15) is 0 Å². The smallest absolute Gasteiger partial charge is 0.242 e. The second kappa shape index (κ2) is 11.5. The summed E-state index contributed by atoms with van der Waals surface area (Å²) in [5.74, 6) is -1.02. The molecule has 178 valence electrons. The molecule has 1 aliphatic heterocycles. The maximum atomic E-state index is 13.4. The number of unbranched alkanes of at least 4 members (excludes halogenated alkanes) is 1. The highest BCUT2D eigenvalue weighted by Crippen LogP contribution is 2.33. The van der Waals surface area contributed by atoms with Crippen LogP contribution >= 0.6 is 24.0 Å². The molecule has 0 spiro atoms.